The minimum absolute atomic E-state index is 0.0653. The molecule has 184 valence electrons. The van der Waals surface area contributed by atoms with E-state index < -0.39 is 11.9 Å². The second-order valence-corrected chi connectivity index (χ2v) is 8.53. The van der Waals surface area contributed by atoms with E-state index in [4.69, 9.17) is 0 Å². The van der Waals surface area contributed by atoms with Gasteiger partial charge in [0.25, 0.3) is 0 Å². The van der Waals surface area contributed by atoms with Gasteiger partial charge in [-0.25, -0.2) is 0 Å². The SMILES string of the molecule is O=C(O)CN1CCN(CC(=O)O)CCN(Cc2ccccn2)CCN(Cc2ccccn2)CC1. The number of carboxylic acids is 2. The molecule has 0 bridgehead atoms. The highest BCUT2D eigenvalue weighted by molar-refractivity contribution is 5.69. The molecule has 1 aliphatic rings. The predicted molar refractivity (Wildman–Crippen MR) is 127 cm³/mol. The van der Waals surface area contributed by atoms with E-state index in [0.29, 0.717) is 52.4 Å². The lowest BCUT2D eigenvalue weighted by molar-refractivity contribution is -0.140. The van der Waals surface area contributed by atoms with Gasteiger partial charge in [0.2, 0.25) is 0 Å². The molecule has 2 aromatic rings. The quantitative estimate of drug-likeness (QED) is 0.568. The monoisotopic (exact) mass is 470 g/mol. The lowest BCUT2D eigenvalue weighted by atomic mass is 10.2. The zero-order valence-electron chi connectivity index (χ0n) is 19.5. The Morgan fingerprint density at radius 3 is 1.26 bits per heavy atom. The van der Waals surface area contributed by atoms with Gasteiger partial charge in [-0.15, -0.1) is 0 Å². The summed E-state index contributed by atoms with van der Waals surface area (Å²) in [5, 5.41) is 18.7. The van der Waals surface area contributed by atoms with E-state index in [1.54, 1.807) is 12.4 Å². The summed E-state index contributed by atoms with van der Waals surface area (Å²) in [5.74, 6) is -1.76. The highest BCUT2D eigenvalue weighted by Gasteiger charge is 2.19. The first-order chi connectivity index (χ1) is 16.5. The zero-order chi connectivity index (χ0) is 24.2. The largest absolute Gasteiger partial charge is 0.480 e. The van der Waals surface area contributed by atoms with E-state index in [9.17, 15) is 19.8 Å². The predicted octanol–water partition coefficient (Wildman–Crippen LogP) is 0.568. The molecule has 3 rings (SSSR count). The normalized spacial score (nSPS) is 18.1. The summed E-state index contributed by atoms with van der Waals surface area (Å²) in [6, 6.07) is 11.7. The Labute approximate surface area is 200 Å². The van der Waals surface area contributed by atoms with Gasteiger partial charge in [-0.3, -0.25) is 39.2 Å². The van der Waals surface area contributed by atoms with Crippen LogP contribution in [-0.2, 0) is 22.7 Å². The maximum absolute atomic E-state index is 11.4. The van der Waals surface area contributed by atoms with E-state index in [-0.39, 0.29) is 13.1 Å². The summed E-state index contributed by atoms with van der Waals surface area (Å²) < 4.78 is 0. The van der Waals surface area contributed by atoms with Gasteiger partial charge < -0.3 is 10.2 Å². The molecule has 2 aromatic heterocycles. The average molecular weight is 471 g/mol. The van der Waals surface area contributed by atoms with Crippen molar-refractivity contribution in [3.63, 3.8) is 0 Å². The van der Waals surface area contributed by atoms with Crippen LogP contribution in [0.15, 0.2) is 48.8 Å². The van der Waals surface area contributed by atoms with Gasteiger partial charge in [-0.05, 0) is 24.3 Å². The van der Waals surface area contributed by atoms with Crippen molar-refractivity contribution in [1.82, 2.24) is 29.6 Å². The van der Waals surface area contributed by atoms with Gasteiger partial charge in [-0.1, -0.05) is 12.1 Å². The Kier molecular flexibility index (Phi) is 10.4. The molecule has 0 aliphatic carbocycles. The third-order valence-electron chi connectivity index (χ3n) is 5.87. The molecule has 0 saturated carbocycles. The van der Waals surface area contributed by atoms with Gasteiger partial charge >= 0.3 is 11.9 Å². The molecule has 2 N–H and O–H groups in total. The number of rotatable bonds is 8. The molecule has 3 heterocycles. The number of pyridine rings is 2. The van der Waals surface area contributed by atoms with Crippen LogP contribution in [0.3, 0.4) is 0 Å². The highest BCUT2D eigenvalue weighted by atomic mass is 16.4. The fourth-order valence-electron chi connectivity index (χ4n) is 4.04. The molecule has 34 heavy (non-hydrogen) atoms. The molecule has 10 heteroatoms. The van der Waals surface area contributed by atoms with Crippen molar-refractivity contribution < 1.29 is 19.8 Å². The topological polar surface area (TPSA) is 113 Å². The van der Waals surface area contributed by atoms with Crippen LogP contribution in [-0.4, -0.2) is 117 Å². The van der Waals surface area contributed by atoms with Gasteiger partial charge in [0.15, 0.2) is 0 Å². The summed E-state index contributed by atoms with van der Waals surface area (Å²) in [6.07, 6.45) is 3.57. The highest BCUT2D eigenvalue weighted by Crippen LogP contribution is 2.07. The minimum atomic E-state index is -0.880. The average Bonchev–Trinajstić information content (AvgIpc) is 2.81. The molecule has 0 unspecified atom stereocenters. The Hall–Kier alpha value is -2.92. The number of carboxylic acid groups (broad SMARTS) is 2. The summed E-state index contributed by atoms with van der Waals surface area (Å²) in [7, 11) is 0. The van der Waals surface area contributed by atoms with Crippen LogP contribution in [0.25, 0.3) is 0 Å². The van der Waals surface area contributed by atoms with Gasteiger partial charge in [0, 0.05) is 77.8 Å². The van der Waals surface area contributed by atoms with E-state index in [1.165, 1.54) is 0 Å². The Morgan fingerprint density at radius 1 is 0.618 bits per heavy atom. The van der Waals surface area contributed by atoms with Crippen LogP contribution in [0.1, 0.15) is 11.4 Å². The molecule has 10 nitrogen and oxygen atoms in total. The van der Waals surface area contributed by atoms with Crippen LogP contribution in [0.2, 0.25) is 0 Å². The summed E-state index contributed by atoms with van der Waals surface area (Å²) in [4.78, 5) is 40.1. The first-order valence-corrected chi connectivity index (χ1v) is 11.6. The van der Waals surface area contributed by atoms with Crippen molar-refractivity contribution in [3.05, 3.63) is 60.2 Å². The second kappa shape index (κ2) is 13.7. The lowest BCUT2D eigenvalue weighted by Crippen LogP contribution is -2.47. The third-order valence-corrected chi connectivity index (χ3v) is 5.87. The van der Waals surface area contributed by atoms with Crippen molar-refractivity contribution in [2.45, 2.75) is 13.1 Å². The van der Waals surface area contributed by atoms with E-state index in [2.05, 4.69) is 19.8 Å². The fourth-order valence-corrected chi connectivity index (χ4v) is 4.04. The minimum Gasteiger partial charge on any atom is -0.480 e. The first-order valence-electron chi connectivity index (χ1n) is 11.6. The van der Waals surface area contributed by atoms with Crippen molar-refractivity contribution >= 4 is 11.9 Å². The van der Waals surface area contributed by atoms with E-state index >= 15 is 0 Å². The maximum atomic E-state index is 11.4. The van der Waals surface area contributed by atoms with Crippen LogP contribution in [0.4, 0.5) is 0 Å². The smallest absolute Gasteiger partial charge is 0.317 e. The van der Waals surface area contributed by atoms with Gasteiger partial charge in [0.1, 0.15) is 0 Å². The van der Waals surface area contributed by atoms with Crippen molar-refractivity contribution in [2.24, 2.45) is 0 Å². The Bertz CT molecular complexity index is 812. The molecule has 0 atom stereocenters. The van der Waals surface area contributed by atoms with Crippen LogP contribution >= 0.6 is 0 Å². The number of hydrogen-bond acceptors (Lipinski definition) is 8. The third kappa shape index (κ3) is 9.52. The van der Waals surface area contributed by atoms with E-state index in [1.807, 2.05) is 46.2 Å². The first kappa shape index (κ1) is 25.7. The Morgan fingerprint density at radius 2 is 0.971 bits per heavy atom. The molecular weight excluding hydrogens is 436 g/mol. The van der Waals surface area contributed by atoms with Crippen molar-refractivity contribution in [1.29, 1.82) is 0 Å². The summed E-state index contributed by atoms with van der Waals surface area (Å²) in [5.41, 5.74) is 1.95. The van der Waals surface area contributed by atoms with Crippen LogP contribution < -0.4 is 0 Å². The molecule has 1 saturated heterocycles. The zero-order valence-corrected chi connectivity index (χ0v) is 19.5. The summed E-state index contributed by atoms with van der Waals surface area (Å²) >= 11 is 0. The van der Waals surface area contributed by atoms with Gasteiger partial charge in [0.05, 0.1) is 24.5 Å². The Balaban J connectivity index is 1.75. The standard InChI is InChI=1S/C24H34N6O4/c31-23(32)19-29-13-11-27(17-21-5-1-3-7-25-21)9-10-28(18-22-6-2-4-8-26-22)12-14-30(16-15-29)20-24(33)34/h1-8H,9-20H2,(H,31,32)(H,33,34). The number of carbonyl (C=O) groups is 2. The fraction of sp³-hybridized carbons (Fsp3) is 0.500. The number of aliphatic carboxylic acids is 2. The molecule has 0 spiro atoms. The van der Waals surface area contributed by atoms with Crippen molar-refractivity contribution in [2.75, 3.05) is 65.4 Å². The molecule has 0 radical (unpaired) electrons. The second-order valence-electron chi connectivity index (χ2n) is 8.53. The molecule has 1 fully saturated rings. The number of hydrogen-bond donors (Lipinski definition) is 2. The lowest BCUT2D eigenvalue weighted by Gasteiger charge is -2.33. The summed E-state index contributed by atoms with van der Waals surface area (Å²) in [6.45, 7) is 6.35. The maximum Gasteiger partial charge on any atom is 0.317 e. The molecular formula is C24H34N6O4. The van der Waals surface area contributed by atoms with Crippen LogP contribution in [0, 0.1) is 0 Å². The molecule has 0 amide bonds. The molecule has 1 aliphatic heterocycles. The van der Waals surface area contributed by atoms with Crippen molar-refractivity contribution in [3.8, 4) is 0 Å². The van der Waals surface area contributed by atoms with Gasteiger partial charge in [-0.2, -0.15) is 0 Å². The number of nitrogens with zero attached hydrogens (tertiary/aromatic N) is 6. The van der Waals surface area contributed by atoms with E-state index in [0.717, 1.165) is 24.5 Å². The molecule has 0 aromatic carbocycles. The number of aromatic nitrogens is 2. The van der Waals surface area contributed by atoms with Crippen LogP contribution in [0.5, 0.6) is 0 Å².